The lowest BCUT2D eigenvalue weighted by atomic mass is 10.2. The van der Waals surface area contributed by atoms with Crippen molar-refractivity contribution in [3.63, 3.8) is 0 Å². The molecule has 1 saturated heterocycles. The molecule has 1 aliphatic heterocycles. The lowest BCUT2D eigenvalue weighted by molar-refractivity contribution is 0.0940. The number of benzene rings is 1. The van der Waals surface area contributed by atoms with Crippen LogP contribution >= 0.6 is 0 Å². The van der Waals surface area contributed by atoms with Gasteiger partial charge >= 0.3 is 0 Å². The van der Waals surface area contributed by atoms with E-state index >= 15 is 0 Å². The monoisotopic (exact) mass is 325 g/mol. The molecule has 1 fully saturated rings. The van der Waals surface area contributed by atoms with Crippen molar-refractivity contribution in [1.29, 1.82) is 0 Å². The molecule has 6 nitrogen and oxygen atoms in total. The topological polar surface area (TPSA) is 78.5 Å². The molecule has 2 N–H and O–H groups in total. The van der Waals surface area contributed by atoms with Crippen molar-refractivity contribution in [3.05, 3.63) is 29.8 Å². The van der Waals surface area contributed by atoms with E-state index < -0.39 is 10.0 Å². The second-order valence-corrected chi connectivity index (χ2v) is 7.80. The summed E-state index contributed by atoms with van der Waals surface area (Å²) in [5.41, 5.74) is 0.470. The van der Waals surface area contributed by atoms with Crippen molar-refractivity contribution in [3.8, 4) is 0 Å². The Kier molecular flexibility index (Phi) is 5.20. The minimum Gasteiger partial charge on any atom is -0.348 e. The van der Waals surface area contributed by atoms with E-state index in [1.54, 1.807) is 19.2 Å². The molecule has 1 aromatic rings. The lowest BCUT2D eigenvalue weighted by Gasteiger charge is -2.21. The fraction of sp³-hybridized carbons (Fsp3) is 0.533. The second-order valence-electron chi connectivity index (χ2n) is 5.80. The molecule has 122 valence electrons. The van der Waals surface area contributed by atoms with Gasteiger partial charge in [0, 0.05) is 31.2 Å². The Bertz CT molecular complexity index is 620. The summed E-state index contributed by atoms with van der Waals surface area (Å²) in [6.45, 7) is 5.31. The van der Waals surface area contributed by atoms with Gasteiger partial charge in [0.25, 0.3) is 5.91 Å². The molecule has 1 aromatic carbocycles. The van der Waals surface area contributed by atoms with Crippen LogP contribution in [0.2, 0.25) is 0 Å². The Morgan fingerprint density at radius 3 is 2.45 bits per heavy atom. The number of amides is 1. The van der Waals surface area contributed by atoms with E-state index in [0.717, 1.165) is 19.5 Å². The van der Waals surface area contributed by atoms with E-state index in [2.05, 4.69) is 10.6 Å². The summed E-state index contributed by atoms with van der Waals surface area (Å²) in [6.07, 6.45) is 0.914. The molecule has 1 unspecified atom stereocenters. The summed E-state index contributed by atoms with van der Waals surface area (Å²) >= 11 is 0. The van der Waals surface area contributed by atoms with E-state index in [1.807, 2.05) is 13.8 Å². The highest BCUT2D eigenvalue weighted by atomic mass is 32.2. The minimum atomic E-state index is -3.51. The Morgan fingerprint density at radius 1 is 1.32 bits per heavy atom. The number of carbonyl (C=O) groups is 1. The third-order valence-electron chi connectivity index (χ3n) is 3.92. The van der Waals surface area contributed by atoms with Crippen molar-refractivity contribution in [2.45, 2.75) is 37.2 Å². The number of hydrogen-bond donors (Lipinski definition) is 2. The molecular formula is C15H23N3O3S. The summed E-state index contributed by atoms with van der Waals surface area (Å²) in [5.74, 6) is -0.171. The SMILES string of the molecule is CC(C)N(C)S(=O)(=O)c1ccc(C(=O)NC2CCNC2)cc1. The maximum absolute atomic E-state index is 12.4. The quantitative estimate of drug-likeness (QED) is 0.840. The number of rotatable bonds is 5. The van der Waals surface area contributed by atoms with Gasteiger partial charge in [0.1, 0.15) is 0 Å². The Hall–Kier alpha value is -1.44. The summed E-state index contributed by atoms with van der Waals surface area (Å²) < 4.78 is 26.0. The maximum atomic E-state index is 12.4. The van der Waals surface area contributed by atoms with Crippen molar-refractivity contribution < 1.29 is 13.2 Å². The average molecular weight is 325 g/mol. The number of nitrogens with zero attached hydrogens (tertiary/aromatic N) is 1. The molecule has 2 rings (SSSR count). The van der Waals surface area contributed by atoms with Gasteiger partial charge in [0.05, 0.1) is 4.90 Å². The number of carbonyl (C=O) groups excluding carboxylic acids is 1. The number of nitrogens with one attached hydrogen (secondary N) is 2. The van der Waals surface area contributed by atoms with Gasteiger partial charge in [-0.05, 0) is 51.1 Å². The van der Waals surface area contributed by atoms with E-state index in [0.29, 0.717) is 5.56 Å². The van der Waals surface area contributed by atoms with Crippen LogP contribution in [0.15, 0.2) is 29.2 Å². The predicted octanol–water partition coefficient (Wildman–Crippen LogP) is 0.807. The standard InChI is InChI=1S/C15H23N3O3S/c1-11(2)18(3)22(20,21)14-6-4-12(5-7-14)15(19)17-13-8-9-16-10-13/h4-7,11,13,16H,8-10H2,1-3H3,(H,17,19). The zero-order chi connectivity index (χ0) is 16.3. The van der Waals surface area contributed by atoms with Gasteiger partial charge in [-0.15, -0.1) is 0 Å². The van der Waals surface area contributed by atoms with Crippen LogP contribution in [0, 0.1) is 0 Å². The first-order valence-electron chi connectivity index (χ1n) is 7.42. The predicted molar refractivity (Wildman–Crippen MR) is 85.3 cm³/mol. The average Bonchev–Trinajstić information content (AvgIpc) is 2.99. The number of hydrogen-bond acceptors (Lipinski definition) is 4. The van der Waals surface area contributed by atoms with Gasteiger partial charge in [0.15, 0.2) is 0 Å². The van der Waals surface area contributed by atoms with E-state index in [-0.39, 0.29) is 22.9 Å². The van der Waals surface area contributed by atoms with Gasteiger partial charge < -0.3 is 10.6 Å². The van der Waals surface area contributed by atoms with Crippen LogP contribution < -0.4 is 10.6 Å². The zero-order valence-electron chi connectivity index (χ0n) is 13.2. The van der Waals surface area contributed by atoms with Gasteiger partial charge in [0.2, 0.25) is 10.0 Å². The summed E-state index contributed by atoms with van der Waals surface area (Å²) in [7, 11) is -1.96. The number of sulfonamides is 1. The molecule has 1 aliphatic rings. The minimum absolute atomic E-state index is 0.122. The smallest absolute Gasteiger partial charge is 0.251 e. The molecule has 0 spiro atoms. The maximum Gasteiger partial charge on any atom is 0.251 e. The van der Waals surface area contributed by atoms with Crippen LogP contribution in [-0.4, -0.2) is 50.9 Å². The Labute approximate surface area is 131 Å². The van der Waals surface area contributed by atoms with Crippen LogP contribution in [0.3, 0.4) is 0 Å². The summed E-state index contributed by atoms with van der Waals surface area (Å²) in [4.78, 5) is 12.3. The highest BCUT2D eigenvalue weighted by Gasteiger charge is 2.23. The normalized spacial score (nSPS) is 18.9. The summed E-state index contributed by atoms with van der Waals surface area (Å²) in [5, 5.41) is 6.11. The van der Waals surface area contributed by atoms with Gasteiger partial charge in [-0.3, -0.25) is 4.79 Å². The third-order valence-corrected chi connectivity index (χ3v) is 5.96. The van der Waals surface area contributed by atoms with Crippen molar-refractivity contribution >= 4 is 15.9 Å². The van der Waals surface area contributed by atoms with E-state index in [9.17, 15) is 13.2 Å². The van der Waals surface area contributed by atoms with Crippen molar-refractivity contribution in [2.75, 3.05) is 20.1 Å². The largest absolute Gasteiger partial charge is 0.348 e. The van der Waals surface area contributed by atoms with Crippen LogP contribution in [0.4, 0.5) is 0 Å². The van der Waals surface area contributed by atoms with Crippen LogP contribution in [-0.2, 0) is 10.0 Å². The molecule has 0 saturated carbocycles. The second kappa shape index (κ2) is 6.76. The van der Waals surface area contributed by atoms with Crippen LogP contribution in [0.5, 0.6) is 0 Å². The van der Waals surface area contributed by atoms with Crippen molar-refractivity contribution in [2.24, 2.45) is 0 Å². The molecule has 0 aliphatic carbocycles. The first-order chi connectivity index (χ1) is 10.3. The zero-order valence-corrected chi connectivity index (χ0v) is 14.0. The fourth-order valence-corrected chi connectivity index (χ4v) is 3.64. The molecule has 1 atom stereocenters. The van der Waals surface area contributed by atoms with Gasteiger partial charge in [-0.2, -0.15) is 4.31 Å². The van der Waals surface area contributed by atoms with E-state index in [1.165, 1.54) is 16.4 Å². The molecule has 7 heteroatoms. The molecule has 0 radical (unpaired) electrons. The first kappa shape index (κ1) is 16.9. The van der Waals surface area contributed by atoms with Gasteiger partial charge in [-0.25, -0.2) is 8.42 Å². The van der Waals surface area contributed by atoms with Crippen molar-refractivity contribution in [1.82, 2.24) is 14.9 Å². The first-order valence-corrected chi connectivity index (χ1v) is 8.86. The molecular weight excluding hydrogens is 302 g/mol. The van der Waals surface area contributed by atoms with Gasteiger partial charge in [-0.1, -0.05) is 0 Å². The molecule has 1 heterocycles. The van der Waals surface area contributed by atoms with Crippen LogP contribution in [0.1, 0.15) is 30.6 Å². The molecule has 0 bridgehead atoms. The van der Waals surface area contributed by atoms with Crippen LogP contribution in [0.25, 0.3) is 0 Å². The third kappa shape index (κ3) is 3.66. The molecule has 22 heavy (non-hydrogen) atoms. The fourth-order valence-electron chi connectivity index (χ4n) is 2.27. The Balaban J connectivity index is 2.11. The Morgan fingerprint density at radius 2 is 1.95 bits per heavy atom. The highest BCUT2D eigenvalue weighted by molar-refractivity contribution is 7.89. The summed E-state index contributed by atoms with van der Waals surface area (Å²) in [6, 6.07) is 6.09. The molecule has 0 aromatic heterocycles. The van der Waals surface area contributed by atoms with E-state index in [4.69, 9.17) is 0 Å². The lowest BCUT2D eigenvalue weighted by Crippen LogP contribution is -2.36. The molecule has 1 amide bonds. The highest BCUT2D eigenvalue weighted by Crippen LogP contribution is 2.17.